The molecule has 4 rings (SSSR count). The molecule has 0 spiro atoms. The molecule has 1 saturated heterocycles. The molecule has 27 heavy (non-hydrogen) atoms. The van der Waals surface area contributed by atoms with Gasteiger partial charge < -0.3 is 0 Å². The molecular formula is C20H16ClN3O3. The number of ketones is 1. The third kappa shape index (κ3) is 2.73. The van der Waals surface area contributed by atoms with E-state index in [1.165, 1.54) is 11.9 Å². The van der Waals surface area contributed by atoms with Crippen LogP contribution < -0.4 is 9.91 Å². The van der Waals surface area contributed by atoms with Crippen molar-refractivity contribution in [1.82, 2.24) is 0 Å². The van der Waals surface area contributed by atoms with Crippen molar-refractivity contribution in [2.75, 3.05) is 9.91 Å². The van der Waals surface area contributed by atoms with Crippen molar-refractivity contribution in [3.63, 3.8) is 0 Å². The van der Waals surface area contributed by atoms with Crippen LogP contribution in [0.4, 0.5) is 11.4 Å². The van der Waals surface area contributed by atoms with E-state index in [4.69, 9.17) is 11.6 Å². The average Bonchev–Trinajstić information content (AvgIpc) is 3.14. The molecule has 0 aromatic heterocycles. The molecule has 2 atom stereocenters. The third-order valence-corrected chi connectivity index (χ3v) is 5.01. The Balaban J connectivity index is 1.80. The highest BCUT2D eigenvalue weighted by Gasteiger charge is 2.58. The van der Waals surface area contributed by atoms with Crippen LogP contribution in [0.5, 0.6) is 0 Å². The molecule has 1 fully saturated rings. The number of hydrogen-bond donors (Lipinski definition) is 0. The summed E-state index contributed by atoms with van der Waals surface area (Å²) >= 11 is 6.07. The van der Waals surface area contributed by atoms with E-state index in [-0.39, 0.29) is 11.5 Å². The minimum Gasteiger partial charge on any atom is -0.293 e. The molecule has 2 aromatic carbocycles. The van der Waals surface area contributed by atoms with Gasteiger partial charge in [-0.05, 0) is 37.3 Å². The molecule has 2 aliphatic heterocycles. The summed E-state index contributed by atoms with van der Waals surface area (Å²) in [4.78, 5) is 39.5. The number of nitrogens with zero attached hydrogens (tertiary/aromatic N) is 3. The normalized spacial score (nSPS) is 21.5. The lowest BCUT2D eigenvalue weighted by Crippen LogP contribution is -2.39. The van der Waals surface area contributed by atoms with Crippen molar-refractivity contribution in [3.8, 4) is 0 Å². The number of hydrogen-bond acceptors (Lipinski definition) is 5. The molecule has 136 valence electrons. The summed E-state index contributed by atoms with van der Waals surface area (Å²) in [5.74, 6) is -2.10. The summed E-state index contributed by atoms with van der Waals surface area (Å²) in [5, 5.41) is 6.21. The smallest absolute Gasteiger partial charge is 0.259 e. The Bertz CT molecular complexity index is 1000. The van der Waals surface area contributed by atoms with Gasteiger partial charge in [0.05, 0.1) is 11.4 Å². The Morgan fingerprint density at radius 3 is 2.37 bits per heavy atom. The number of carbonyl (C=O) groups is 3. The van der Waals surface area contributed by atoms with Gasteiger partial charge in [0.15, 0.2) is 5.78 Å². The quantitative estimate of drug-likeness (QED) is 0.766. The monoisotopic (exact) mass is 381 g/mol. The Hall–Kier alpha value is -2.99. The van der Waals surface area contributed by atoms with Crippen molar-refractivity contribution >= 4 is 46.3 Å². The van der Waals surface area contributed by atoms with Gasteiger partial charge in [0.25, 0.3) is 5.91 Å². The van der Waals surface area contributed by atoms with Crippen molar-refractivity contribution in [2.24, 2.45) is 11.0 Å². The zero-order valence-electron chi connectivity index (χ0n) is 14.7. The van der Waals surface area contributed by atoms with Gasteiger partial charge in [0.1, 0.15) is 17.7 Å². The number of anilines is 2. The molecule has 2 amide bonds. The fourth-order valence-electron chi connectivity index (χ4n) is 3.49. The van der Waals surface area contributed by atoms with Gasteiger partial charge in [-0.15, -0.1) is 0 Å². The van der Waals surface area contributed by atoms with E-state index in [0.29, 0.717) is 16.4 Å². The number of amides is 2. The number of rotatable bonds is 3. The van der Waals surface area contributed by atoms with Gasteiger partial charge in [-0.3, -0.25) is 19.4 Å². The van der Waals surface area contributed by atoms with Gasteiger partial charge in [0.2, 0.25) is 5.91 Å². The Morgan fingerprint density at radius 1 is 1.04 bits per heavy atom. The zero-order valence-corrected chi connectivity index (χ0v) is 15.5. The SMILES string of the molecule is CC(=O)C1=NN(c2cccc(Cl)c2)[C@H]2C(=O)N(c3ccc(C)cc3)C(=O)[C@H]12. The van der Waals surface area contributed by atoms with Crippen molar-refractivity contribution in [1.29, 1.82) is 0 Å². The molecule has 2 heterocycles. The van der Waals surface area contributed by atoms with Crippen molar-refractivity contribution in [3.05, 3.63) is 59.1 Å². The maximum atomic E-state index is 13.2. The van der Waals surface area contributed by atoms with E-state index in [9.17, 15) is 14.4 Å². The minimum atomic E-state index is -0.921. The summed E-state index contributed by atoms with van der Waals surface area (Å²) in [6.07, 6.45) is 0. The summed E-state index contributed by atoms with van der Waals surface area (Å²) in [6, 6.07) is 13.0. The van der Waals surface area contributed by atoms with E-state index in [2.05, 4.69) is 5.10 Å². The number of imide groups is 1. The number of fused-ring (bicyclic) bond motifs is 1. The molecule has 0 aliphatic carbocycles. The molecule has 0 bridgehead atoms. The van der Waals surface area contributed by atoms with Crippen LogP contribution in [-0.2, 0) is 14.4 Å². The van der Waals surface area contributed by atoms with E-state index < -0.39 is 23.8 Å². The molecule has 2 aliphatic rings. The maximum Gasteiger partial charge on any atom is 0.259 e. The highest BCUT2D eigenvalue weighted by atomic mass is 35.5. The largest absolute Gasteiger partial charge is 0.293 e. The van der Waals surface area contributed by atoms with Crippen LogP contribution in [0.15, 0.2) is 53.6 Å². The van der Waals surface area contributed by atoms with E-state index >= 15 is 0 Å². The predicted octanol–water partition coefficient (Wildman–Crippen LogP) is 2.97. The molecule has 0 radical (unpaired) electrons. The Morgan fingerprint density at radius 2 is 1.74 bits per heavy atom. The standard InChI is InChI=1S/C20H16ClN3O3/c1-11-6-8-14(9-7-11)23-19(26)16-17(12(2)25)22-24(18(16)20(23)27)15-5-3-4-13(21)10-15/h3-10,16,18H,1-2H3/t16-,18-/m1/s1. The van der Waals surface area contributed by atoms with Crippen LogP contribution >= 0.6 is 11.6 Å². The number of aryl methyl sites for hydroxylation is 1. The summed E-state index contributed by atoms with van der Waals surface area (Å²) in [5.41, 5.74) is 2.15. The second kappa shape index (κ2) is 6.32. The number of hydrazone groups is 1. The van der Waals surface area contributed by atoms with Gasteiger partial charge in [-0.1, -0.05) is 35.4 Å². The number of Topliss-reactive ketones (excluding diaryl/α,β-unsaturated/α-hetero) is 1. The van der Waals surface area contributed by atoms with E-state index in [0.717, 1.165) is 10.5 Å². The van der Waals surface area contributed by atoms with Crippen LogP contribution in [0.25, 0.3) is 0 Å². The van der Waals surface area contributed by atoms with Crippen molar-refractivity contribution < 1.29 is 14.4 Å². The summed E-state index contributed by atoms with van der Waals surface area (Å²) < 4.78 is 0. The van der Waals surface area contributed by atoms with Gasteiger partial charge >= 0.3 is 0 Å². The number of halogens is 1. The highest BCUT2D eigenvalue weighted by Crippen LogP contribution is 2.38. The molecule has 0 saturated carbocycles. The van der Waals surface area contributed by atoms with Crippen molar-refractivity contribution in [2.45, 2.75) is 19.9 Å². The molecule has 0 N–H and O–H groups in total. The summed E-state index contributed by atoms with van der Waals surface area (Å²) in [6.45, 7) is 3.27. The maximum absolute atomic E-state index is 13.2. The minimum absolute atomic E-state index is 0.0907. The first-order valence-electron chi connectivity index (χ1n) is 8.47. The lowest BCUT2D eigenvalue weighted by Gasteiger charge is -2.22. The molecule has 6 nitrogen and oxygen atoms in total. The third-order valence-electron chi connectivity index (χ3n) is 4.77. The van der Waals surface area contributed by atoms with Crippen LogP contribution in [0.2, 0.25) is 5.02 Å². The highest BCUT2D eigenvalue weighted by molar-refractivity contribution is 6.48. The topological polar surface area (TPSA) is 70.1 Å². The molecule has 2 aromatic rings. The fraction of sp³-hybridized carbons (Fsp3) is 0.200. The van der Waals surface area contributed by atoms with Crippen LogP contribution in [-0.4, -0.2) is 29.4 Å². The predicted molar refractivity (Wildman–Crippen MR) is 103 cm³/mol. The fourth-order valence-corrected chi connectivity index (χ4v) is 3.67. The Kier molecular flexibility index (Phi) is 4.08. The lowest BCUT2D eigenvalue weighted by molar-refractivity contribution is -0.122. The summed E-state index contributed by atoms with van der Waals surface area (Å²) in [7, 11) is 0. The zero-order chi connectivity index (χ0) is 19.3. The van der Waals surface area contributed by atoms with Gasteiger partial charge in [0, 0.05) is 11.9 Å². The average molecular weight is 382 g/mol. The van der Waals surface area contributed by atoms with E-state index in [1.807, 2.05) is 19.1 Å². The second-order valence-corrected chi connectivity index (χ2v) is 7.07. The van der Waals surface area contributed by atoms with Crippen LogP contribution in [0, 0.1) is 12.8 Å². The first-order chi connectivity index (χ1) is 12.9. The van der Waals surface area contributed by atoms with Crippen LogP contribution in [0.1, 0.15) is 12.5 Å². The van der Waals surface area contributed by atoms with Gasteiger partial charge in [-0.2, -0.15) is 5.10 Å². The first kappa shape index (κ1) is 17.4. The van der Waals surface area contributed by atoms with Gasteiger partial charge in [-0.25, -0.2) is 4.90 Å². The Labute approximate surface area is 161 Å². The molecular weight excluding hydrogens is 366 g/mol. The van der Waals surface area contributed by atoms with Crippen LogP contribution in [0.3, 0.4) is 0 Å². The molecule has 0 unspecified atom stereocenters. The number of carbonyl (C=O) groups excluding carboxylic acids is 3. The first-order valence-corrected chi connectivity index (χ1v) is 8.85. The van der Waals surface area contributed by atoms with E-state index in [1.54, 1.807) is 36.4 Å². The molecule has 7 heteroatoms. The lowest BCUT2D eigenvalue weighted by atomic mass is 9.95. The second-order valence-electron chi connectivity index (χ2n) is 6.64. The number of benzene rings is 2.